The maximum absolute atomic E-state index is 13.3. The van der Waals surface area contributed by atoms with Gasteiger partial charge in [-0.15, -0.1) is 0 Å². The lowest BCUT2D eigenvalue weighted by atomic mass is 9.97. The van der Waals surface area contributed by atoms with Gasteiger partial charge in [-0.1, -0.05) is 6.07 Å². The second-order valence-electron chi connectivity index (χ2n) is 6.73. The van der Waals surface area contributed by atoms with Crippen molar-refractivity contribution in [1.29, 1.82) is 0 Å². The molecule has 1 aromatic rings. The van der Waals surface area contributed by atoms with Crippen molar-refractivity contribution in [2.75, 3.05) is 18.0 Å². The first-order chi connectivity index (χ1) is 10.8. The Morgan fingerprint density at radius 2 is 2.13 bits per heavy atom. The van der Waals surface area contributed by atoms with Crippen LogP contribution in [0.25, 0.3) is 0 Å². The van der Waals surface area contributed by atoms with E-state index < -0.39 is 23.3 Å². The van der Waals surface area contributed by atoms with Crippen molar-refractivity contribution in [1.82, 2.24) is 10.6 Å². The van der Waals surface area contributed by atoms with Crippen LogP contribution in [-0.4, -0.2) is 30.7 Å². The molecule has 1 aliphatic carbocycles. The number of nitrogens with one attached hydrogen (secondary N) is 2. The molecular weight excluding hydrogens is 307 g/mol. The third-order valence-electron chi connectivity index (χ3n) is 5.19. The molecule has 23 heavy (non-hydrogen) atoms. The summed E-state index contributed by atoms with van der Waals surface area (Å²) in [5.41, 5.74) is -1.20. The zero-order valence-electron chi connectivity index (χ0n) is 12.7. The SMILES string of the molecule is C[C@H]1CN2c3cccc(C(F)(F)F)c3C(=O)NC23CC3CCN1. The molecule has 1 saturated heterocycles. The van der Waals surface area contributed by atoms with E-state index in [2.05, 4.69) is 10.6 Å². The summed E-state index contributed by atoms with van der Waals surface area (Å²) in [6, 6.07) is 4.15. The predicted octanol–water partition coefficient (Wildman–Crippen LogP) is 2.35. The van der Waals surface area contributed by atoms with Gasteiger partial charge in [-0.2, -0.15) is 13.2 Å². The van der Waals surface area contributed by atoms with E-state index >= 15 is 0 Å². The van der Waals surface area contributed by atoms with E-state index in [-0.39, 0.29) is 17.5 Å². The molecule has 2 N–H and O–H groups in total. The van der Waals surface area contributed by atoms with E-state index in [1.54, 1.807) is 6.07 Å². The van der Waals surface area contributed by atoms with Gasteiger partial charge in [0.05, 0.1) is 16.8 Å². The molecular formula is C16H18F3N3O. The summed E-state index contributed by atoms with van der Waals surface area (Å²) in [5, 5.41) is 6.27. The van der Waals surface area contributed by atoms with Crippen LogP contribution in [0.15, 0.2) is 18.2 Å². The molecule has 3 aliphatic rings. The zero-order valence-corrected chi connectivity index (χ0v) is 12.7. The lowest BCUT2D eigenvalue weighted by Gasteiger charge is -2.43. The molecule has 1 saturated carbocycles. The standard InChI is InChI=1S/C16H18F3N3O/c1-9-8-22-12-4-2-3-11(16(17,18)19)13(12)14(23)21-15(22)7-10(15)5-6-20-9/h2-4,9-10,20H,5-8H2,1H3,(H,21,23)/t9-,10?,15?/m0/s1. The largest absolute Gasteiger partial charge is 0.417 e. The van der Waals surface area contributed by atoms with Crippen LogP contribution < -0.4 is 15.5 Å². The minimum absolute atomic E-state index is 0.144. The molecule has 1 spiro atoms. The number of hydrogen-bond donors (Lipinski definition) is 2. The lowest BCUT2D eigenvalue weighted by molar-refractivity contribution is -0.138. The molecule has 2 unspecified atom stereocenters. The lowest BCUT2D eigenvalue weighted by Crippen LogP contribution is -2.60. The highest BCUT2D eigenvalue weighted by atomic mass is 19.4. The number of hydrogen-bond acceptors (Lipinski definition) is 3. The van der Waals surface area contributed by atoms with E-state index in [0.29, 0.717) is 12.2 Å². The number of carbonyl (C=O) groups excluding carboxylic acids is 1. The quantitative estimate of drug-likeness (QED) is 0.770. The van der Waals surface area contributed by atoms with Gasteiger partial charge in [0.2, 0.25) is 0 Å². The molecule has 2 aliphatic heterocycles. The van der Waals surface area contributed by atoms with Gasteiger partial charge in [0.15, 0.2) is 0 Å². The maximum atomic E-state index is 13.3. The minimum atomic E-state index is -4.54. The van der Waals surface area contributed by atoms with Crippen LogP contribution in [0.3, 0.4) is 0 Å². The Hall–Kier alpha value is -1.76. The highest BCUT2D eigenvalue weighted by Gasteiger charge is 2.62. The number of nitrogens with zero attached hydrogens (tertiary/aromatic N) is 1. The maximum Gasteiger partial charge on any atom is 0.417 e. The number of alkyl halides is 3. The summed E-state index contributed by atoms with van der Waals surface area (Å²) < 4.78 is 39.9. The van der Waals surface area contributed by atoms with Crippen molar-refractivity contribution < 1.29 is 18.0 Å². The minimum Gasteiger partial charge on any atom is -0.346 e. The first-order valence-corrected chi connectivity index (χ1v) is 7.87. The van der Waals surface area contributed by atoms with Gasteiger partial charge in [-0.3, -0.25) is 4.79 Å². The number of benzene rings is 1. The number of rotatable bonds is 0. The van der Waals surface area contributed by atoms with Crippen LogP contribution >= 0.6 is 0 Å². The van der Waals surface area contributed by atoms with Gasteiger partial charge >= 0.3 is 6.18 Å². The van der Waals surface area contributed by atoms with E-state index in [1.165, 1.54) is 6.07 Å². The highest BCUT2D eigenvalue weighted by molar-refractivity contribution is 6.04. The summed E-state index contributed by atoms with van der Waals surface area (Å²) in [5.74, 6) is -0.318. The van der Waals surface area contributed by atoms with Crippen molar-refractivity contribution in [3.8, 4) is 0 Å². The molecule has 1 amide bonds. The van der Waals surface area contributed by atoms with Crippen molar-refractivity contribution in [3.63, 3.8) is 0 Å². The van der Waals surface area contributed by atoms with Crippen LogP contribution in [0.4, 0.5) is 18.9 Å². The number of amides is 1. The Bertz CT molecular complexity index is 675. The number of halogens is 3. The normalized spacial score (nSPS) is 32.9. The van der Waals surface area contributed by atoms with Crippen molar-refractivity contribution >= 4 is 11.6 Å². The Morgan fingerprint density at radius 3 is 2.87 bits per heavy atom. The van der Waals surface area contributed by atoms with Gasteiger partial charge in [0.25, 0.3) is 5.91 Å². The van der Waals surface area contributed by atoms with Gasteiger partial charge < -0.3 is 15.5 Å². The molecule has 3 atom stereocenters. The van der Waals surface area contributed by atoms with Gasteiger partial charge in [-0.05, 0) is 38.4 Å². The molecule has 0 aromatic heterocycles. The Balaban J connectivity index is 1.86. The average Bonchev–Trinajstić information content (AvgIpc) is 3.12. The topological polar surface area (TPSA) is 44.4 Å². The van der Waals surface area contributed by atoms with Crippen LogP contribution in [0.1, 0.15) is 35.7 Å². The average molecular weight is 325 g/mol. The summed E-state index contributed by atoms with van der Waals surface area (Å²) >= 11 is 0. The first kappa shape index (κ1) is 14.8. The summed E-state index contributed by atoms with van der Waals surface area (Å²) in [4.78, 5) is 14.4. The van der Waals surface area contributed by atoms with Gasteiger partial charge in [0, 0.05) is 18.5 Å². The Labute approximate surface area is 132 Å². The molecule has 1 aromatic carbocycles. The Morgan fingerprint density at radius 1 is 1.35 bits per heavy atom. The van der Waals surface area contributed by atoms with Crippen molar-refractivity contribution in [2.45, 2.75) is 37.6 Å². The highest BCUT2D eigenvalue weighted by Crippen LogP contribution is 2.54. The Kier molecular flexibility index (Phi) is 2.98. The number of carbonyl (C=O) groups is 1. The van der Waals surface area contributed by atoms with Crippen LogP contribution in [0.2, 0.25) is 0 Å². The fourth-order valence-corrected chi connectivity index (χ4v) is 4.03. The van der Waals surface area contributed by atoms with Gasteiger partial charge in [-0.25, -0.2) is 0 Å². The molecule has 4 nitrogen and oxygen atoms in total. The van der Waals surface area contributed by atoms with Crippen molar-refractivity contribution in [3.05, 3.63) is 29.3 Å². The fraction of sp³-hybridized carbons (Fsp3) is 0.562. The van der Waals surface area contributed by atoms with Crippen LogP contribution in [-0.2, 0) is 6.18 Å². The first-order valence-electron chi connectivity index (χ1n) is 7.87. The fourth-order valence-electron chi connectivity index (χ4n) is 4.03. The van der Waals surface area contributed by atoms with Crippen LogP contribution in [0.5, 0.6) is 0 Å². The summed E-state index contributed by atoms with van der Waals surface area (Å²) in [7, 11) is 0. The van der Waals surface area contributed by atoms with E-state index in [1.807, 2.05) is 11.8 Å². The van der Waals surface area contributed by atoms with E-state index in [9.17, 15) is 18.0 Å². The predicted molar refractivity (Wildman–Crippen MR) is 79.2 cm³/mol. The molecule has 2 heterocycles. The van der Waals surface area contributed by atoms with Gasteiger partial charge in [0.1, 0.15) is 5.66 Å². The molecule has 0 radical (unpaired) electrons. The smallest absolute Gasteiger partial charge is 0.346 e. The number of anilines is 1. The third-order valence-corrected chi connectivity index (χ3v) is 5.19. The molecule has 124 valence electrons. The monoisotopic (exact) mass is 325 g/mol. The van der Waals surface area contributed by atoms with Crippen molar-refractivity contribution in [2.24, 2.45) is 5.92 Å². The zero-order chi connectivity index (χ0) is 16.4. The second-order valence-corrected chi connectivity index (χ2v) is 6.73. The number of fused-ring (bicyclic) bond motifs is 2. The van der Waals surface area contributed by atoms with Crippen LogP contribution in [0, 0.1) is 5.92 Å². The second kappa shape index (κ2) is 4.63. The third kappa shape index (κ3) is 2.13. The molecule has 4 rings (SSSR count). The molecule has 2 fully saturated rings. The molecule has 0 bridgehead atoms. The summed E-state index contributed by atoms with van der Waals surface area (Å²) in [6.07, 6.45) is -2.83. The van der Waals surface area contributed by atoms with E-state index in [0.717, 1.165) is 25.5 Å². The van der Waals surface area contributed by atoms with E-state index in [4.69, 9.17) is 0 Å². The summed E-state index contributed by atoms with van der Waals surface area (Å²) in [6.45, 7) is 3.46. The molecule has 7 heteroatoms.